The topological polar surface area (TPSA) is 67.2 Å². The number of nitrogens with zero attached hydrogens (tertiary/aromatic N) is 3. The number of anilines is 1. The number of hydrogen-bond donors (Lipinski definition) is 1. The van der Waals surface area contributed by atoms with Gasteiger partial charge in [-0.15, -0.1) is 11.3 Å². The Hall–Kier alpha value is -2.93. The molecule has 2 aromatic heterocycles. The lowest BCUT2D eigenvalue weighted by Crippen LogP contribution is -2.65. The van der Waals surface area contributed by atoms with Gasteiger partial charge in [0.1, 0.15) is 16.9 Å². The normalized spacial score (nSPS) is 21.3. The van der Waals surface area contributed by atoms with E-state index < -0.39 is 5.54 Å². The number of aryl methyl sites for hydroxylation is 2. The predicted octanol–water partition coefficient (Wildman–Crippen LogP) is 5.49. The van der Waals surface area contributed by atoms with Gasteiger partial charge in [-0.2, -0.15) is 5.10 Å². The van der Waals surface area contributed by atoms with Crippen LogP contribution in [0.1, 0.15) is 67.1 Å². The van der Waals surface area contributed by atoms with E-state index in [4.69, 9.17) is 5.10 Å². The summed E-state index contributed by atoms with van der Waals surface area (Å²) in [5.74, 6) is -0.298. The number of aromatic nitrogens is 2. The van der Waals surface area contributed by atoms with Crippen LogP contribution in [0.25, 0.3) is 10.6 Å². The van der Waals surface area contributed by atoms with E-state index in [-0.39, 0.29) is 17.9 Å². The maximum atomic E-state index is 14.0. The Morgan fingerprint density at radius 3 is 2.53 bits per heavy atom. The first-order valence-corrected chi connectivity index (χ1v) is 13.1. The van der Waals surface area contributed by atoms with Crippen molar-refractivity contribution in [2.45, 2.75) is 77.4 Å². The maximum absolute atomic E-state index is 14.0. The van der Waals surface area contributed by atoms with Crippen LogP contribution >= 0.6 is 11.3 Å². The molecular weight excluding hydrogens is 444 g/mol. The van der Waals surface area contributed by atoms with Gasteiger partial charge in [0, 0.05) is 11.7 Å². The van der Waals surface area contributed by atoms with Gasteiger partial charge in [0.15, 0.2) is 0 Å². The zero-order valence-corrected chi connectivity index (χ0v) is 21.0. The van der Waals surface area contributed by atoms with Gasteiger partial charge in [0.05, 0.1) is 11.4 Å². The van der Waals surface area contributed by atoms with Crippen molar-refractivity contribution >= 4 is 28.8 Å². The van der Waals surface area contributed by atoms with Crippen molar-refractivity contribution in [1.29, 1.82) is 0 Å². The van der Waals surface area contributed by atoms with Crippen LogP contribution in [-0.4, -0.2) is 33.2 Å². The van der Waals surface area contributed by atoms with E-state index in [1.165, 1.54) is 12.8 Å². The minimum absolute atomic E-state index is 0.107. The van der Waals surface area contributed by atoms with E-state index >= 15 is 0 Å². The lowest BCUT2D eigenvalue weighted by molar-refractivity contribution is -0.127. The Morgan fingerprint density at radius 2 is 1.85 bits per heavy atom. The molecule has 5 rings (SSSR count). The van der Waals surface area contributed by atoms with Gasteiger partial charge < -0.3 is 5.32 Å². The molecule has 34 heavy (non-hydrogen) atoms. The fourth-order valence-corrected chi connectivity index (χ4v) is 5.84. The number of carbonyl (C=O) groups is 2. The van der Waals surface area contributed by atoms with Gasteiger partial charge in [-0.3, -0.25) is 19.2 Å². The van der Waals surface area contributed by atoms with E-state index in [9.17, 15) is 9.59 Å². The van der Waals surface area contributed by atoms with Crippen LogP contribution in [0.4, 0.5) is 5.69 Å². The fraction of sp³-hybridized carbons (Fsp3) is 0.444. The minimum atomic E-state index is -1.09. The van der Waals surface area contributed by atoms with E-state index in [2.05, 4.69) is 12.2 Å². The molecule has 6 nitrogen and oxygen atoms in total. The molecule has 0 radical (unpaired) electrons. The molecule has 1 N–H and O–H groups in total. The third-order valence-electron chi connectivity index (χ3n) is 7.36. The molecule has 1 atom stereocenters. The number of thiophene rings is 1. The molecule has 3 heterocycles. The molecule has 0 unspecified atom stereocenters. The number of amides is 2. The summed E-state index contributed by atoms with van der Waals surface area (Å²) in [4.78, 5) is 30.5. The predicted molar refractivity (Wildman–Crippen MR) is 136 cm³/mol. The molecule has 1 saturated carbocycles. The summed E-state index contributed by atoms with van der Waals surface area (Å²) in [6, 6.07) is 12.0. The van der Waals surface area contributed by atoms with Gasteiger partial charge in [-0.1, -0.05) is 37.8 Å². The lowest BCUT2D eigenvalue weighted by Gasteiger charge is -2.44. The standard InChI is InChI=1S/C27H32N4O2S/c1-18-12-13-21(15-19(18)2)31-25(32)23-16-22(24-11-8-14-34-24)29-30(23)17-27(31,3)26(33)28-20-9-6-4-5-7-10-20/h8,11-16,20H,4-7,9-10,17H2,1-3H3,(H,28,33)/t27-/m0/s1. The second kappa shape index (κ2) is 9.02. The monoisotopic (exact) mass is 476 g/mol. The van der Waals surface area contributed by atoms with Crippen LogP contribution in [-0.2, 0) is 11.3 Å². The Bertz CT molecular complexity index is 1210. The lowest BCUT2D eigenvalue weighted by atomic mass is 9.92. The highest BCUT2D eigenvalue weighted by atomic mass is 32.1. The molecule has 0 bridgehead atoms. The van der Waals surface area contributed by atoms with Gasteiger partial charge >= 0.3 is 0 Å². The molecule has 2 aliphatic rings. The van der Waals surface area contributed by atoms with Crippen LogP contribution in [0.15, 0.2) is 41.8 Å². The number of hydrogen-bond acceptors (Lipinski definition) is 4. The van der Waals surface area contributed by atoms with Gasteiger partial charge in [-0.05, 0) is 74.4 Å². The first-order valence-electron chi connectivity index (χ1n) is 12.2. The first-order chi connectivity index (χ1) is 16.4. The molecule has 7 heteroatoms. The van der Waals surface area contributed by atoms with Crippen LogP contribution < -0.4 is 10.2 Å². The number of rotatable bonds is 4. The molecule has 0 spiro atoms. The van der Waals surface area contributed by atoms with Crippen molar-refractivity contribution < 1.29 is 9.59 Å². The van der Waals surface area contributed by atoms with Crippen molar-refractivity contribution in [3.05, 3.63) is 58.6 Å². The zero-order valence-electron chi connectivity index (χ0n) is 20.1. The summed E-state index contributed by atoms with van der Waals surface area (Å²) in [6.45, 7) is 6.28. The summed E-state index contributed by atoms with van der Waals surface area (Å²) in [5.41, 5.74) is 3.19. The smallest absolute Gasteiger partial charge is 0.277 e. The quantitative estimate of drug-likeness (QED) is 0.507. The highest BCUT2D eigenvalue weighted by Crippen LogP contribution is 2.36. The van der Waals surface area contributed by atoms with Crippen LogP contribution in [0.3, 0.4) is 0 Å². The second-order valence-corrected chi connectivity index (χ2v) is 10.8. The highest BCUT2D eigenvalue weighted by Gasteiger charge is 2.49. The molecular formula is C27H32N4O2S. The first kappa shape index (κ1) is 22.8. The molecule has 1 aliphatic heterocycles. The minimum Gasteiger partial charge on any atom is -0.351 e. The largest absolute Gasteiger partial charge is 0.351 e. The maximum Gasteiger partial charge on any atom is 0.277 e. The number of fused-ring (bicyclic) bond motifs is 1. The van der Waals surface area contributed by atoms with E-state index in [1.807, 2.05) is 55.6 Å². The highest BCUT2D eigenvalue weighted by molar-refractivity contribution is 7.13. The van der Waals surface area contributed by atoms with Gasteiger partial charge in [0.2, 0.25) is 5.91 Å². The third-order valence-corrected chi connectivity index (χ3v) is 8.25. The van der Waals surface area contributed by atoms with E-state index in [0.29, 0.717) is 12.2 Å². The van der Waals surface area contributed by atoms with Crippen LogP contribution in [0, 0.1) is 13.8 Å². The SMILES string of the molecule is Cc1ccc(N2C(=O)c3cc(-c4cccs4)nn3C[C@@]2(C)C(=O)NC2CCCCCC2)cc1C. The Labute approximate surface area is 205 Å². The molecule has 178 valence electrons. The van der Waals surface area contributed by atoms with Crippen molar-refractivity contribution in [2.24, 2.45) is 0 Å². The van der Waals surface area contributed by atoms with Gasteiger partial charge in [0.25, 0.3) is 5.91 Å². The fourth-order valence-electron chi connectivity index (χ4n) is 5.16. The Morgan fingerprint density at radius 1 is 1.09 bits per heavy atom. The van der Waals surface area contributed by atoms with Crippen LogP contribution in [0.5, 0.6) is 0 Å². The van der Waals surface area contributed by atoms with Crippen molar-refractivity contribution in [3.8, 4) is 10.6 Å². The van der Waals surface area contributed by atoms with Crippen molar-refractivity contribution in [2.75, 3.05) is 4.90 Å². The van der Waals surface area contributed by atoms with E-state index in [1.54, 1.807) is 20.9 Å². The molecule has 1 aromatic carbocycles. The van der Waals surface area contributed by atoms with E-state index in [0.717, 1.165) is 53.1 Å². The summed E-state index contributed by atoms with van der Waals surface area (Å²) in [6.07, 6.45) is 6.70. The number of carbonyl (C=O) groups excluding carboxylic acids is 2. The van der Waals surface area contributed by atoms with Gasteiger partial charge in [-0.25, -0.2) is 0 Å². The van der Waals surface area contributed by atoms with Crippen molar-refractivity contribution in [1.82, 2.24) is 15.1 Å². The summed E-state index contributed by atoms with van der Waals surface area (Å²) >= 11 is 1.59. The van der Waals surface area contributed by atoms with Crippen molar-refractivity contribution in [3.63, 3.8) is 0 Å². The molecule has 0 saturated heterocycles. The Balaban J connectivity index is 1.56. The number of benzene rings is 1. The molecule has 3 aromatic rings. The Kier molecular flexibility index (Phi) is 6.06. The average molecular weight is 477 g/mol. The third kappa shape index (κ3) is 4.06. The molecule has 1 fully saturated rings. The summed E-state index contributed by atoms with van der Waals surface area (Å²) in [5, 5.41) is 10.1. The summed E-state index contributed by atoms with van der Waals surface area (Å²) < 4.78 is 1.72. The summed E-state index contributed by atoms with van der Waals surface area (Å²) in [7, 11) is 0. The van der Waals surface area contributed by atoms with Crippen LogP contribution in [0.2, 0.25) is 0 Å². The second-order valence-electron chi connectivity index (χ2n) is 9.89. The number of nitrogens with one attached hydrogen (secondary N) is 1. The average Bonchev–Trinajstić information content (AvgIpc) is 3.42. The zero-order chi connectivity index (χ0) is 23.9. The molecule has 1 aliphatic carbocycles. The molecule has 2 amide bonds.